The molecule has 3 atom stereocenters. The van der Waals surface area contributed by atoms with Crippen molar-refractivity contribution in [2.75, 3.05) is 13.1 Å². The van der Waals surface area contributed by atoms with Gasteiger partial charge in [-0.25, -0.2) is 4.39 Å². The van der Waals surface area contributed by atoms with Gasteiger partial charge in [-0.3, -0.25) is 4.90 Å². The minimum atomic E-state index is -0.937. The fourth-order valence-corrected chi connectivity index (χ4v) is 6.99. The maximum Gasteiger partial charge on any atom is 0.136 e. The molecule has 34 heavy (non-hydrogen) atoms. The lowest BCUT2D eigenvalue weighted by molar-refractivity contribution is 0.0265. The van der Waals surface area contributed by atoms with E-state index in [-0.39, 0.29) is 6.04 Å². The highest BCUT2D eigenvalue weighted by Gasteiger charge is 2.66. The second-order valence-corrected chi connectivity index (χ2v) is 9.93. The minimum absolute atomic E-state index is 0.163. The van der Waals surface area contributed by atoms with E-state index in [0.29, 0.717) is 19.5 Å². The monoisotopic (exact) mass is 446 g/mol. The molecule has 2 bridgehead atoms. The predicted octanol–water partition coefficient (Wildman–Crippen LogP) is 5.57. The second kappa shape index (κ2) is 7.36. The van der Waals surface area contributed by atoms with Gasteiger partial charge in [-0.15, -0.1) is 0 Å². The van der Waals surface area contributed by atoms with Gasteiger partial charge in [0.1, 0.15) is 6.17 Å². The van der Waals surface area contributed by atoms with E-state index >= 15 is 4.39 Å². The first kappa shape index (κ1) is 20.1. The van der Waals surface area contributed by atoms with Gasteiger partial charge in [0.05, 0.1) is 17.1 Å². The number of fused-ring (bicyclic) bond motifs is 5. The van der Waals surface area contributed by atoms with Crippen molar-refractivity contribution in [3.8, 4) is 11.1 Å². The van der Waals surface area contributed by atoms with E-state index in [0.717, 1.165) is 0 Å². The molecular weight excluding hydrogens is 419 g/mol. The molecule has 1 N–H and O–H groups in total. The molecule has 7 rings (SSSR count). The third kappa shape index (κ3) is 2.51. The van der Waals surface area contributed by atoms with E-state index in [1.54, 1.807) is 0 Å². The van der Waals surface area contributed by atoms with Crippen LogP contribution < -0.4 is 5.32 Å². The Balaban J connectivity index is 1.53. The summed E-state index contributed by atoms with van der Waals surface area (Å²) < 4.78 is 16.4. The predicted molar refractivity (Wildman–Crippen MR) is 134 cm³/mol. The van der Waals surface area contributed by atoms with Crippen molar-refractivity contribution in [1.82, 2.24) is 10.2 Å². The molecule has 0 spiro atoms. The number of benzene rings is 4. The van der Waals surface area contributed by atoms with Crippen LogP contribution in [0.4, 0.5) is 4.39 Å². The fraction of sp³-hybridized carbons (Fsp3) is 0.226. The summed E-state index contributed by atoms with van der Waals surface area (Å²) >= 11 is 0. The summed E-state index contributed by atoms with van der Waals surface area (Å²) in [5.41, 5.74) is 6.24. The van der Waals surface area contributed by atoms with Crippen LogP contribution in [0.25, 0.3) is 11.1 Å². The molecule has 0 unspecified atom stereocenters. The van der Waals surface area contributed by atoms with E-state index in [1.165, 1.54) is 33.4 Å². The molecule has 2 heterocycles. The molecule has 2 saturated heterocycles. The standard InChI is InChI=1S/C31H27FN2/c32-29-28-20-34(30(29,21-33-28)19-22-11-3-1-4-12-22)31(23-13-5-2-6-14-23)26-17-9-7-15-24(26)25-16-8-10-18-27(25)31/h1-18,28-29,33H,19-21H2/t28-,29-,30-/m0/s1. The summed E-state index contributed by atoms with van der Waals surface area (Å²) in [6, 6.07) is 38.5. The van der Waals surface area contributed by atoms with Crippen molar-refractivity contribution >= 4 is 0 Å². The summed E-state index contributed by atoms with van der Waals surface area (Å²) in [5, 5.41) is 3.52. The van der Waals surface area contributed by atoms with Gasteiger partial charge in [0.25, 0.3) is 0 Å². The van der Waals surface area contributed by atoms with E-state index in [9.17, 15) is 0 Å². The molecule has 3 heteroatoms. The topological polar surface area (TPSA) is 15.3 Å². The van der Waals surface area contributed by atoms with Crippen LogP contribution in [0.2, 0.25) is 0 Å². The van der Waals surface area contributed by atoms with E-state index in [2.05, 4.69) is 113 Å². The summed E-state index contributed by atoms with van der Waals surface area (Å²) in [5.74, 6) is 0. The molecule has 3 aliphatic rings. The molecule has 168 valence electrons. The maximum atomic E-state index is 16.4. The average molecular weight is 447 g/mol. The zero-order valence-electron chi connectivity index (χ0n) is 19.0. The smallest absolute Gasteiger partial charge is 0.136 e. The number of alkyl halides is 1. The largest absolute Gasteiger partial charge is 0.308 e. The number of nitrogens with one attached hydrogen (secondary N) is 1. The SMILES string of the molecule is F[C@H]1[C@@H]2CN(C3(c4ccccc4)c4ccccc4-c4ccccc43)[C@@]1(Cc1ccccc1)CN2. The molecule has 0 saturated carbocycles. The molecule has 0 amide bonds. The van der Waals surface area contributed by atoms with Crippen LogP contribution in [0, 0.1) is 0 Å². The molecule has 1 aliphatic carbocycles. The van der Waals surface area contributed by atoms with Crippen LogP contribution in [0.3, 0.4) is 0 Å². The molecule has 4 aromatic rings. The highest BCUT2D eigenvalue weighted by Crippen LogP contribution is 2.59. The highest BCUT2D eigenvalue weighted by atomic mass is 19.1. The minimum Gasteiger partial charge on any atom is -0.308 e. The molecule has 2 nitrogen and oxygen atoms in total. The zero-order valence-corrected chi connectivity index (χ0v) is 19.0. The first-order chi connectivity index (χ1) is 16.7. The summed E-state index contributed by atoms with van der Waals surface area (Å²) in [4.78, 5) is 2.53. The van der Waals surface area contributed by atoms with Gasteiger partial charge in [-0.1, -0.05) is 109 Å². The van der Waals surface area contributed by atoms with E-state index in [4.69, 9.17) is 0 Å². The van der Waals surface area contributed by atoms with Crippen molar-refractivity contribution in [3.63, 3.8) is 0 Å². The average Bonchev–Trinajstić information content (AvgIpc) is 3.47. The lowest BCUT2D eigenvalue weighted by atomic mass is 9.75. The number of hydrogen-bond acceptors (Lipinski definition) is 2. The quantitative estimate of drug-likeness (QED) is 0.441. The Morgan fingerprint density at radius 2 is 1.29 bits per heavy atom. The summed E-state index contributed by atoms with van der Waals surface area (Å²) in [6.45, 7) is 1.32. The first-order valence-corrected chi connectivity index (χ1v) is 12.2. The Labute approximate surface area is 200 Å². The van der Waals surface area contributed by atoms with Crippen molar-refractivity contribution < 1.29 is 4.39 Å². The Morgan fingerprint density at radius 3 is 1.91 bits per heavy atom. The van der Waals surface area contributed by atoms with Crippen molar-refractivity contribution in [1.29, 1.82) is 0 Å². The van der Waals surface area contributed by atoms with E-state index < -0.39 is 17.2 Å². The molecule has 2 fully saturated rings. The number of rotatable bonds is 4. The van der Waals surface area contributed by atoms with Crippen LogP contribution >= 0.6 is 0 Å². The third-order valence-corrected chi connectivity index (χ3v) is 8.33. The highest BCUT2D eigenvalue weighted by molar-refractivity contribution is 5.83. The van der Waals surface area contributed by atoms with Gasteiger partial charge in [-0.2, -0.15) is 0 Å². The number of nitrogens with zero attached hydrogens (tertiary/aromatic N) is 1. The Kier molecular flexibility index (Phi) is 4.36. The third-order valence-electron chi connectivity index (χ3n) is 8.33. The zero-order chi connectivity index (χ0) is 22.8. The van der Waals surface area contributed by atoms with Crippen LogP contribution in [0.5, 0.6) is 0 Å². The normalized spacial score (nSPS) is 26.4. The maximum absolute atomic E-state index is 16.4. The van der Waals surface area contributed by atoms with Gasteiger partial charge < -0.3 is 5.32 Å². The Hall–Kier alpha value is -3.27. The number of hydrogen-bond donors (Lipinski definition) is 1. The fourth-order valence-electron chi connectivity index (χ4n) is 6.99. The Morgan fingerprint density at radius 1 is 0.735 bits per heavy atom. The molecule has 0 radical (unpaired) electrons. The number of piperazine rings is 1. The van der Waals surface area contributed by atoms with Crippen LogP contribution in [-0.4, -0.2) is 35.7 Å². The van der Waals surface area contributed by atoms with Crippen LogP contribution in [0.15, 0.2) is 109 Å². The number of halogens is 1. The van der Waals surface area contributed by atoms with E-state index in [1.807, 2.05) is 6.07 Å². The van der Waals surface area contributed by atoms with Gasteiger partial charge >= 0.3 is 0 Å². The summed E-state index contributed by atoms with van der Waals surface area (Å²) in [7, 11) is 0. The van der Waals surface area contributed by atoms with Crippen molar-refractivity contribution in [2.24, 2.45) is 0 Å². The van der Waals surface area contributed by atoms with Crippen LogP contribution in [0.1, 0.15) is 22.3 Å². The Bertz CT molecular complexity index is 1310. The lowest BCUT2D eigenvalue weighted by Gasteiger charge is -2.51. The number of likely N-dealkylation sites (tertiary alicyclic amines) is 1. The molecular formula is C31H27FN2. The summed E-state index contributed by atoms with van der Waals surface area (Å²) in [6.07, 6.45) is -0.259. The van der Waals surface area contributed by atoms with Crippen molar-refractivity contribution in [3.05, 3.63) is 131 Å². The second-order valence-electron chi connectivity index (χ2n) is 9.93. The van der Waals surface area contributed by atoms with Gasteiger partial charge in [-0.05, 0) is 39.8 Å². The van der Waals surface area contributed by atoms with Gasteiger partial charge in [0.2, 0.25) is 0 Å². The van der Waals surface area contributed by atoms with Crippen LogP contribution in [-0.2, 0) is 12.0 Å². The molecule has 4 aromatic carbocycles. The molecule has 2 aliphatic heterocycles. The first-order valence-electron chi connectivity index (χ1n) is 12.2. The van der Waals surface area contributed by atoms with Gasteiger partial charge in [0.15, 0.2) is 0 Å². The lowest BCUT2D eigenvalue weighted by Crippen LogP contribution is -2.63. The van der Waals surface area contributed by atoms with Gasteiger partial charge in [0, 0.05) is 13.1 Å². The molecule has 0 aromatic heterocycles. The van der Waals surface area contributed by atoms with Crippen molar-refractivity contribution in [2.45, 2.75) is 29.7 Å².